The maximum absolute atomic E-state index is 2.25. The molecule has 3 aromatic carbocycles. The Balaban J connectivity index is 2.40. The molecule has 0 amide bonds. The van der Waals surface area contributed by atoms with Gasteiger partial charge >= 0.3 is 0 Å². The summed E-state index contributed by atoms with van der Waals surface area (Å²) in [6, 6.07) is 22.0. The summed E-state index contributed by atoms with van der Waals surface area (Å²) < 4.78 is 0. The SMILES string of the molecule is CC1=c2ccccc2=C(C)c2cccc3cccc1c23. The summed E-state index contributed by atoms with van der Waals surface area (Å²) in [5.41, 5.74) is 5.47. The molecule has 96 valence electrons. The Labute approximate surface area is 118 Å². The van der Waals surface area contributed by atoms with E-state index < -0.39 is 0 Å². The van der Waals surface area contributed by atoms with Crippen LogP contribution in [0.25, 0.3) is 21.9 Å². The van der Waals surface area contributed by atoms with E-state index in [2.05, 4.69) is 74.5 Å². The first-order valence-corrected chi connectivity index (χ1v) is 7.07. The molecule has 0 unspecified atom stereocenters. The Bertz CT molecular complexity index is 883. The molecule has 0 spiro atoms. The number of rotatable bonds is 0. The first-order chi connectivity index (χ1) is 9.77. The number of hydrogen-bond acceptors (Lipinski definition) is 0. The molecular weight excluding hydrogens is 240 g/mol. The van der Waals surface area contributed by atoms with Crippen LogP contribution >= 0.6 is 0 Å². The van der Waals surface area contributed by atoms with E-state index in [0.717, 1.165) is 0 Å². The zero-order valence-corrected chi connectivity index (χ0v) is 11.8. The topological polar surface area (TPSA) is 0 Å². The quantitative estimate of drug-likeness (QED) is 0.576. The van der Waals surface area contributed by atoms with Crippen molar-refractivity contribution < 1.29 is 0 Å². The second kappa shape index (κ2) is 4.08. The zero-order valence-electron chi connectivity index (χ0n) is 11.8. The van der Waals surface area contributed by atoms with Gasteiger partial charge in [-0.1, -0.05) is 60.7 Å². The minimum absolute atomic E-state index is 1.33. The van der Waals surface area contributed by atoms with Crippen molar-refractivity contribution in [3.63, 3.8) is 0 Å². The molecule has 0 saturated heterocycles. The summed E-state index contributed by atoms with van der Waals surface area (Å²) >= 11 is 0. The van der Waals surface area contributed by atoms with Crippen LogP contribution in [0.2, 0.25) is 0 Å². The fourth-order valence-electron chi connectivity index (χ4n) is 3.39. The molecule has 0 aromatic heterocycles. The van der Waals surface area contributed by atoms with Gasteiger partial charge in [-0.15, -0.1) is 0 Å². The van der Waals surface area contributed by atoms with Crippen LogP contribution in [0.15, 0.2) is 60.7 Å². The largest absolute Gasteiger partial charge is 0.0616 e. The van der Waals surface area contributed by atoms with E-state index in [1.807, 2.05) is 0 Å². The Hall–Kier alpha value is -2.34. The Morgan fingerprint density at radius 2 is 1.05 bits per heavy atom. The molecule has 20 heavy (non-hydrogen) atoms. The molecule has 0 atom stereocenters. The van der Waals surface area contributed by atoms with Crippen molar-refractivity contribution in [1.29, 1.82) is 0 Å². The first-order valence-electron chi connectivity index (χ1n) is 7.07. The highest BCUT2D eigenvalue weighted by atomic mass is 14.2. The predicted octanol–water partition coefficient (Wildman–Crippen LogP) is 3.59. The molecule has 0 radical (unpaired) electrons. The third kappa shape index (κ3) is 1.42. The van der Waals surface area contributed by atoms with E-state index in [-0.39, 0.29) is 0 Å². The van der Waals surface area contributed by atoms with E-state index in [0.29, 0.717) is 0 Å². The van der Waals surface area contributed by atoms with E-state index in [4.69, 9.17) is 0 Å². The van der Waals surface area contributed by atoms with E-state index in [1.54, 1.807) is 0 Å². The molecule has 0 saturated carbocycles. The van der Waals surface area contributed by atoms with Crippen molar-refractivity contribution in [2.45, 2.75) is 13.8 Å². The van der Waals surface area contributed by atoms with Crippen molar-refractivity contribution in [1.82, 2.24) is 0 Å². The summed E-state index contributed by atoms with van der Waals surface area (Å²) in [6.07, 6.45) is 0. The van der Waals surface area contributed by atoms with E-state index >= 15 is 0 Å². The lowest BCUT2D eigenvalue weighted by atomic mass is 9.94. The monoisotopic (exact) mass is 256 g/mol. The number of fused-ring (bicyclic) bond motifs is 1. The highest BCUT2D eigenvalue weighted by Crippen LogP contribution is 2.31. The minimum Gasteiger partial charge on any atom is -0.0616 e. The van der Waals surface area contributed by atoms with Crippen LogP contribution in [0, 0.1) is 0 Å². The molecule has 0 aliphatic heterocycles. The summed E-state index contributed by atoms with van der Waals surface area (Å²) in [6.45, 7) is 4.48. The molecule has 0 heterocycles. The minimum atomic E-state index is 1.33. The van der Waals surface area contributed by atoms with Crippen molar-refractivity contribution in [3.05, 3.63) is 82.2 Å². The fraction of sp³-hybridized carbons (Fsp3) is 0.100. The fourth-order valence-corrected chi connectivity index (χ4v) is 3.39. The smallest absolute Gasteiger partial charge is 0.00331 e. The highest BCUT2D eigenvalue weighted by molar-refractivity contribution is 6.02. The van der Waals surface area contributed by atoms with Crippen LogP contribution in [0.4, 0.5) is 0 Å². The maximum atomic E-state index is 2.25. The van der Waals surface area contributed by atoms with Gasteiger partial charge in [-0.05, 0) is 57.3 Å². The van der Waals surface area contributed by atoms with Crippen molar-refractivity contribution in [3.8, 4) is 0 Å². The van der Waals surface area contributed by atoms with Crippen LogP contribution in [-0.2, 0) is 0 Å². The maximum Gasteiger partial charge on any atom is -0.00331 e. The lowest BCUT2D eigenvalue weighted by Gasteiger charge is -2.10. The lowest BCUT2D eigenvalue weighted by molar-refractivity contribution is 1.43. The number of hydrogen-bond donors (Lipinski definition) is 0. The van der Waals surface area contributed by atoms with Crippen LogP contribution in [-0.4, -0.2) is 0 Å². The second-order valence-electron chi connectivity index (χ2n) is 5.50. The van der Waals surface area contributed by atoms with Gasteiger partial charge in [0.25, 0.3) is 0 Å². The van der Waals surface area contributed by atoms with Crippen molar-refractivity contribution in [2.75, 3.05) is 0 Å². The lowest BCUT2D eigenvalue weighted by Crippen LogP contribution is -2.27. The average molecular weight is 256 g/mol. The standard InChI is InChI=1S/C20H16/c1-13-16-9-3-4-10-17(16)14(2)19-12-6-8-15-7-5-11-18(13)20(15)19/h3-12H,1-2H3. The zero-order chi connectivity index (χ0) is 13.7. The van der Waals surface area contributed by atoms with E-state index in [1.165, 1.54) is 43.5 Å². The van der Waals surface area contributed by atoms with Gasteiger partial charge in [-0.3, -0.25) is 0 Å². The Morgan fingerprint density at radius 1 is 0.550 bits per heavy atom. The van der Waals surface area contributed by atoms with E-state index in [9.17, 15) is 0 Å². The number of benzene rings is 3. The van der Waals surface area contributed by atoms with Gasteiger partial charge < -0.3 is 0 Å². The predicted molar refractivity (Wildman–Crippen MR) is 86.0 cm³/mol. The van der Waals surface area contributed by atoms with Gasteiger partial charge in [0.2, 0.25) is 0 Å². The molecule has 1 aliphatic rings. The van der Waals surface area contributed by atoms with Crippen LogP contribution in [0.1, 0.15) is 25.0 Å². The summed E-state index contributed by atoms with van der Waals surface area (Å²) in [5.74, 6) is 0. The normalized spacial score (nSPS) is 13.3. The van der Waals surface area contributed by atoms with Gasteiger partial charge in [0, 0.05) is 0 Å². The van der Waals surface area contributed by atoms with Gasteiger partial charge in [0.05, 0.1) is 0 Å². The summed E-state index contributed by atoms with van der Waals surface area (Å²) in [7, 11) is 0. The third-order valence-corrected chi connectivity index (χ3v) is 4.45. The van der Waals surface area contributed by atoms with Gasteiger partial charge in [-0.2, -0.15) is 0 Å². The van der Waals surface area contributed by atoms with Gasteiger partial charge in [-0.25, -0.2) is 0 Å². The molecule has 3 aromatic rings. The molecule has 0 bridgehead atoms. The molecular formula is C20H16. The third-order valence-electron chi connectivity index (χ3n) is 4.45. The summed E-state index contributed by atoms with van der Waals surface area (Å²) in [4.78, 5) is 0. The molecule has 0 fully saturated rings. The molecule has 1 aliphatic carbocycles. The Kier molecular flexibility index (Phi) is 2.34. The van der Waals surface area contributed by atoms with Crippen LogP contribution in [0.5, 0.6) is 0 Å². The van der Waals surface area contributed by atoms with Crippen molar-refractivity contribution in [2.24, 2.45) is 0 Å². The first kappa shape index (κ1) is 11.5. The average Bonchev–Trinajstić information content (AvgIpc) is 2.60. The second-order valence-corrected chi connectivity index (χ2v) is 5.50. The van der Waals surface area contributed by atoms with Crippen LogP contribution < -0.4 is 10.4 Å². The molecule has 4 rings (SSSR count). The van der Waals surface area contributed by atoms with Crippen molar-refractivity contribution >= 4 is 21.9 Å². The molecule has 0 heteroatoms. The highest BCUT2D eigenvalue weighted by Gasteiger charge is 2.13. The van der Waals surface area contributed by atoms with Gasteiger partial charge in [0.15, 0.2) is 0 Å². The van der Waals surface area contributed by atoms with Gasteiger partial charge in [0.1, 0.15) is 0 Å². The molecule has 0 nitrogen and oxygen atoms in total. The van der Waals surface area contributed by atoms with Crippen LogP contribution in [0.3, 0.4) is 0 Å². The molecule has 0 N–H and O–H groups in total. The summed E-state index contributed by atoms with van der Waals surface area (Å²) in [5, 5.41) is 5.43. The Morgan fingerprint density at radius 3 is 1.55 bits per heavy atom.